The molecule has 0 amide bonds. The van der Waals surface area contributed by atoms with Crippen molar-refractivity contribution in [2.45, 2.75) is 64.7 Å². The van der Waals surface area contributed by atoms with Crippen LogP contribution in [0.4, 0.5) is 14.5 Å². The predicted octanol–water partition coefficient (Wildman–Crippen LogP) is 4.75. The Labute approximate surface area is 246 Å². The molecule has 0 unspecified atom stereocenters. The number of sulfone groups is 1. The molecule has 1 aliphatic carbocycles. The number of carbonyl (C=O) groups is 2. The molecule has 11 heteroatoms. The topological polar surface area (TPSA) is 96.9 Å². The number of rotatable bonds is 11. The van der Waals surface area contributed by atoms with E-state index >= 15 is 4.39 Å². The van der Waals surface area contributed by atoms with Crippen LogP contribution in [0.2, 0.25) is 0 Å². The number of halogens is 2. The Morgan fingerprint density at radius 2 is 1.81 bits per heavy atom. The van der Waals surface area contributed by atoms with Crippen molar-refractivity contribution >= 4 is 32.9 Å². The Bertz CT molecular complexity index is 1480. The smallest absolute Gasteiger partial charge is 0.306 e. The maximum atomic E-state index is 15.4. The van der Waals surface area contributed by atoms with Crippen LogP contribution in [0.15, 0.2) is 30.5 Å². The van der Waals surface area contributed by atoms with Crippen molar-refractivity contribution < 1.29 is 31.5 Å². The number of esters is 1. The molecule has 2 aromatic rings. The number of Topliss-reactive ketones (excluding diaryl/α,β-unsaturated/α-hetero) is 1. The predicted molar refractivity (Wildman–Crippen MR) is 158 cm³/mol. The second-order valence-electron chi connectivity index (χ2n) is 11.8. The van der Waals surface area contributed by atoms with Crippen LogP contribution in [-0.4, -0.2) is 74.1 Å². The van der Waals surface area contributed by atoms with Crippen LogP contribution >= 0.6 is 0 Å². The fraction of sp³-hybridized carbons (Fsp3) is 0.516. The Morgan fingerprint density at radius 3 is 2.48 bits per heavy atom. The summed E-state index contributed by atoms with van der Waals surface area (Å²) in [5.41, 5.74) is 0.683. The molecule has 2 heterocycles. The van der Waals surface area contributed by atoms with Crippen LogP contribution in [-0.2, 0) is 31.5 Å². The number of hydrogen-bond donors (Lipinski definition) is 0. The molecule has 2 aliphatic rings. The number of anilines is 1. The van der Waals surface area contributed by atoms with Gasteiger partial charge in [-0.2, -0.15) is 0 Å². The Balaban J connectivity index is 1.42. The molecular weight excluding hydrogens is 564 g/mol. The van der Waals surface area contributed by atoms with E-state index in [2.05, 4.69) is 14.8 Å². The molecule has 4 rings (SSSR count). The standard InChI is InChI=1S/C31H39F2N3O5S/c1-5-17-42(39,40)20-21-8-10-25(32)28(29(21)33)30(38)23-9-11-26-24(23)18-22(19-34-26)36-15-13-35(14-16-36)12-6-7-27(37)41-31(2,3)4/h8-10,18-19H,5-7,11-17,20H2,1-4H3. The normalized spacial score (nSPS) is 15.9. The maximum absolute atomic E-state index is 15.4. The molecule has 1 aliphatic heterocycles. The van der Waals surface area contributed by atoms with Gasteiger partial charge in [0.25, 0.3) is 0 Å². The van der Waals surface area contributed by atoms with E-state index in [9.17, 15) is 22.4 Å². The second-order valence-corrected chi connectivity index (χ2v) is 14.0. The number of hydrogen-bond acceptors (Lipinski definition) is 8. The number of ether oxygens (including phenoxy) is 1. The average molecular weight is 604 g/mol. The van der Waals surface area contributed by atoms with E-state index in [0.717, 1.165) is 50.5 Å². The lowest BCUT2D eigenvalue weighted by Crippen LogP contribution is -2.46. The molecule has 0 spiro atoms. The number of nitrogens with zero attached hydrogens (tertiary/aromatic N) is 3. The summed E-state index contributed by atoms with van der Waals surface area (Å²) in [5, 5.41) is 0. The molecule has 0 N–H and O–H groups in total. The molecule has 0 bridgehead atoms. The zero-order chi connectivity index (χ0) is 30.7. The van der Waals surface area contributed by atoms with Gasteiger partial charge in [0.1, 0.15) is 17.2 Å². The summed E-state index contributed by atoms with van der Waals surface area (Å²) in [4.78, 5) is 34.4. The highest BCUT2D eigenvalue weighted by Gasteiger charge is 2.30. The van der Waals surface area contributed by atoms with Gasteiger partial charge in [0.05, 0.1) is 34.6 Å². The summed E-state index contributed by atoms with van der Waals surface area (Å²) in [7, 11) is -3.60. The molecular formula is C31H39F2N3O5S. The first-order valence-electron chi connectivity index (χ1n) is 14.4. The van der Waals surface area contributed by atoms with Crippen molar-refractivity contribution in [3.05, 3.63) is 64.5 Å². The lowest BCUT2D eigenvalue weighted by atomic mass is 9.97. The molecule has 1 aromatic heterocycles. The number of piperazine rings is 1. The Hall–Kier alpha value is -3.18. The number of aromatic nitrogens is 1. The van der Waals surface area contributed by atoms with Crippen molar-refractivity contribution in [2.75, 3.05) is 43.4 Å². The van der Waals surface area contributed by atoms with Crippen LogP contribution in [0.1, 0.15) is 74.1 Å². The van der Waals surface area contributed by atoms with E-state index in [1.165, 1.54) is 0 Å². The largest absolute Gasteiger partial charge is 0.460 e. The number of allylic oxidation sites excluding steroid dienone is 2. The summed E-state index contributed by atoms with van der Waals surface area (Å²) < 4.78 is 60.1. The molecule has 0 radical (unpaired) electrons. The first-order valence-corrected chi connectivity index (χ1v) is 16.2. The number of ketones is 1. The highest BCUT2D eigenvalue weighted by atomic mass is 32.2. The average Bonchev–Trinajstić information content (AvgIpc) is 3.33. The van der Waals surface area contributed by atoms with Gasteiger partial charge in [0.15, 0.2) is 15.6 Å². The minimum absolute atomic E-state index is 0.125. The molecule has 8 nitrogen and oxygen atoms in total. The third kappa shape index (κ3) is 7.80. The number of benzene rings is 1. The van der Waals surface area contributed by atoms with E-state index in [1.54, 1.807) is 19.2 Å². The number of fused-ring (bicyclic) bond motifs is 1. The fourth-order valence-electron chi connectivity index (χ4n) is 5.31. The van der Waals surface area contributed by atoms with Gasteiger partial charge in [0.2, 0.25) is 0 Å². The van der Waals surface area contributed by atoms with Crippen molar-refractivity contribution in [1.82, 2.24) is 9.88 Å². The zero-order valence-corrected chi connectivity index (χ0v) is 25.5. The van der Waals surface area contributed by atoms with Gasteiger partial charge in [0, 0.05) is 55.7 Å². The van der Waals surface area contributed by atoms with Crippen LogP contribution in [0.25, 0.3) is 5.57 Å². The highest BCUT2D eigenvalue weighted by Crippen LogP contribution is 2.34. The van der Waals surface area contributed by atoms with E-state index in [1.807, 2.05) is 26.8 Å². The zero-order valence-electron chi connectivity index (χ0n) is 24.7. The van der Waals surface area contributed by atoms with Gasteiger partial charge in [-0.25, -0.2) is 17.2 Å². The minimum atomic E-state index is -3.60. The summed E-state index contributed by atoms with van der Waals surface area (Å²) in [6, 6.07) is 3.87. The lowest BCUT2D eigenvalue weighted by Gasteiger charge is -2.36. The molecule has 0 saturated carbocycles. The first kappa shape index (κ1) is 31.7. The van der Waals surface area contributed by atoms with Gasteiger partial charge in [-0.3, -0.25) is 19.5 Å². The van der Waals surface area contributed by atoms with Crippen LogP contribution in [0.5, 0.6) is 0 Å². The molecule has 1 aromatic carbocycles. The third-order valence-electron chi connectivity index (χ3n) is 7.29. The summed E-state index contributed by atoms with van der Waals surface area (Å²) in [5.74, 6) is -3.91. The van der Waals surface area contributed by atoms with Gasteiger partial charge in [-0.05, 0) is 52.3 Å². The van der Waals surface area contributed by atoms with Gasteiger partial charge >= 0.3 is 5.97 Å². The summed E-state index contributed by atoms with van der Waals surface area (Å²) >= 11 is 0. The van der Waals surface area contributed by atoms with E-state index in [4.69, 9.17) is 4.74 Å². The molecule has 228 valence electrons. The quantitative estimate of drug-likeness (QED) is 0.268. The van der Waals surface area contributed by atoms with Crippen molar-refractivity contribution in [3.8, 4) is 0 Å². The van der Waals surface area contributed by atoms with Gasteiger partial charge in [-0.1, -0.05) is 19.1 Å². The lowest BCUT2D eigenvalue weighted by molar-refractivity contribution is -0.155. The van der Waals surface area contributed by atoms with Gasteiger partial charge < -0.3 is 9.64 Å². The first-order chi connectivity index (χ1) is 19.8. The fourth-order valence-corrected chi connectivity index (χ4v) is 6.78. The van der Waals surface area contributed by atoms with Crippen molar-refractivity contribution in [2.24, 2.45) is 0 Å². The van der Waals surface area contributed by atoms with Gasteiger partial charge in [-0.15, -0.1) is 0 Å². The maximum Gasteiger partial charge on any atom is 0.306 e. The Morgan fingerprint density at radius 1 is 1.10 bits per heavy atom. The number of carbonyl (C=O) groups excluding carboxylic acids is 2. The van der Waals surface area contributed by atoms with Crippen LogP contribution in [0, 0.1) is 11.6 Å². The molecule has 1 fully saturated rings. The third-order valence-corrected chi connectivity index (χ3v) is 9.07. The van der Waals surface area contributed by atoms with Crippen LogP contribution < -0.4 is 4.90 Å². The van der Waals surface area contributed by atoms with Crippen molar-refractivity contribution in [1.29, 1.82) is 0 Å². The highest BCUT2D eigenvalue weighted by molar-refractivity contribution is 7.90. The van der Waals surface area contributed by atoms with E-state index in [-0.39, 0.29) is 22.9 Å². The molecule has 0 atom stereocenters. The van der Waals surface area contributed by atoms with E-state index < -0.39 is 44.2 Å². The van der Waals surface area contributed by atoms with E-state index in [0.29, 0.717) is 36.9 Å². The van der Waals surface area contributed by atoms with Crippen molar-refractivity contribution in [3.63, 3.8) is 0 Å². The molecule has 42 heavy (non-hydrogen) atoms. The minimum Gasteiger partial charge on any atom is -0.460 e. The second kappa shape index (κ2) is 13.0. The summed E-state index contributed by atoms with van der Waals surface area (Å²) in [6.07, 6.45) is 5.18. The Kier molecular flexibility index (Phi) is 9.82. The monoisotopic (exact) mass is 603 g/mol. The summed E-state index contributed by atoms with van der Waals surface area (Å²) in [6.45, 7) is 11.1. The molecule has 1 saturated heterocycles. The number of pyridine rings is 1. The SMILES string of the molecule is CCCS(=O)(=O)Cc1ccc(F)c(C(=O)C2=CCc3ncc(N4CCN(CCCC(=O)OC(C)(C)C)CC4)cc32)c1F. The van der Waals surface area contributed by atoms with Crippen LogP contribution in [0.3, 0.4) is 0 Å².